The summed E-state index contributed by atoms with van der Waals surface area (Å²) in [7, 11) is 0. The van der Waals surface area contributed by atoms with Crippen LogP contribution in [0, 0.1) is 0 Å². The number of phenols is 1. The lowest BCUT2D eigenvalue weighted by molar-refractivity contribution is -0.136. The van der Waals surface area contributed by atoms with E-state index in [0.29, 0.717) is 31.0 Å². The first-order chi connectivity index (χ1) is 11.6. The first-order valence-corrected chi connectivity index (χ1v) is 7.68. The Balaban J connectivity index is 1.77. The Bertz CT molecular complexity index is 681. The topological polar surface area (TPSA) is 87.7 Å². The van der Waals surface area contributed by atoms with Crippen molar-refractivity contribution in [1.29, 1.82) is 0 Å². The smallest absolute Gasteiger partial charge is 0.313 e. The third kappa shape index (κ3) is 5.31. The molecule has 0 spiro atoms. The van der Waals surface area contributed by atoms with Crippen LogP contribution in [0.1, 0.15) is 12.5 Å². The van der Waals surface area contributed by atoms with E-state index in [-0.39, 0.29) is 5.75 Å². The molecule has 0 aromatic heterocycles. The number of hydrogen-bond acceptors (Lipinski definition) is 4. The number of ether oxygens (including phenoxy) is 1. The Labute approximate surface area is 140 Å². The molecule has 0 aliphatic heterocycles. The second-order valence-corrected chi connectivity index (χ2v) is 5.08. The van der Waals surface area contributed by atoms with Gasteiger partial charge in [0.1, 0.15) is 11.5 Å². The Morgan fingerprint density at radius 2 is 1.67 bits per heavy atom. The van der Waals surface area contributed by atoms with Crippen LogP contribution in [0.15, 0.2) is 48.5 Å². The van der Waals surface area contributed by atoms with Gasteiger partial charge in [0.2, 0.25) is 0 Å². The van der Waals surface area contributed by atoms with Gasteiger partial charge < -0.3 is 20.5 Å². The summed E-state index contributed by atoms with van der Waals surface area (Å²) in [6.07, 6.45) is 0.572. The largest absolute Gasteiger partial charge is 0.508 e. The quantitative estimate of drug-likeness (QED) is 0.709. The van der Waals surface area contributed by atoms with Crippen molar-refractivity contribution in [2.75, 3.05) is 18.5 Å². The summed E-state index contributed by atoms with van der Waals surface area (Å²) in [5.74, 6) is -0.515. The minimum absolute atomic E-state index is 0.192. The van der Waals surface area contributed by atoms with Crippen LogP contribution < -0.4 is 15.4 Å². The summed E-state index contributed by atoms with van der Waals surface area (Å²) in [5, 5.41) is 14.3. The number of carbonyl (C=O) groups is 2. The van der Waals surface area contributed by atoms with Crippen LogP contribution in [-0.4, -0.2) is 30.1 Å². The molecule has 0 fully saturated rings. The second-order valence-electron chi connectivity index (χ2n) is 5.08. The molecule has 3 N–H and O–H groups in total. The van der Waals surface area contributed by atoms with Gasteiger partial charge in [-0.25, -0.2) is 0 Å². The van der Waals surface area contributed by atoms with Gasteiger partial charge in [-0.1, -0.05) is 12.1 Å². The molecule has 6 nitrogen and oxygen atoms in total. The number of carbonyl (C=O) groups excluding carboxylic acids is 2. The van der Waals surface area contributed by atoms with Gasteiger partial charge in [-0.05, 0) is 55.3 Å². The van der Waals surface area contributed by atoms with E-state index in [1.54, 1.807) is 48.5 Å². The summed E-state index contributed by atoms with van der Waals surface area (Å²) in [5.41, 5.74) is 1.48. The molecule has 0 bridgehead atoms. The lowest BCUT2D eigenvalue weighted by Crippen LogP contribution is -2.36. The van der Waals surface area contributed by atoms with Gasteiger partial charge in [0.25, 0.3) is 0 Å². The van der Waals surface area contributed by atoms with Crippen LogP contribution in [0.4, 0.5) is 5.69 Å². The van der Waals surface area contributed by atoms with Crippen molar-refractivity contribution in [2.45, 2.75) is 13.3 Å². The fraction of sp³-hybridized carbons (Fsp3) is 0.222. The predicted octanol–water partition coefficient (Wildman–Crippen LogP) is 2.09. The Kier molecular flexibility index (Phi) is 6.19. The Morgan fingerprint density at radius 3 is 2.29 bits per heavy atom. The van der Waals surface area contributed by atoms with E-state index in [4.69, 9.17) is 4.74 Å². The number of phenolic OH excluding ortho intramolecular Hbond substituents is 1. The van der Waals surface area contributed by atoms with Crippen molar-refractivity contribution in [3.8, 4) is 11.5 Å². The number of anilines is 1. The van der Waals surface area contributed by atoms with E-state index < -0.39 is 11.8 Å². The van der Waals surface area contributed by atoms with Crippen molar-refractivity contribution in [3.05, 3.63) is 54.1 Å². The maximum atomic E-state index is 11.8. The van der Waals surface area contributed by atoms with Crippen LogP contribution in [0.25, 0.3) is 0 Å². The van der Waals surface area contributed by atoms with Gasteiger partial charge in [-0.3, -0.25) is 9.59 Å². The average molecular weight is 328 g/mol. The standard InChI is InChI=1S/C18H20N2O4/c1-2-24-16-9-5-14(6-10-16)20-18(23)17(22)19-12-11-13-3-7-15(21)8-4-13/h3-10,21H,2,11-12H2,1H3,(H,19,22)(H,20,23). The minimum atomic E-state index is -0.718. The van der Waals surface area contributed by atoms with Crippen LogP contribution in [0.2, 0.25) is 0 Å². The highest BCUT2D eigenvalue weighted by molar-refractivity contribution is 6.39. The zero-order valence-electron chi connectivity index (χ0n) is 13.4. The fourth-order valence-corrected chi connectivity index (χ4v) is 2.05. The summed E-state index contributed by atoms with van der Waals surface area (Å²) in [6.45, 7) is 2.79. The third-order valence-electron chi connectivity index (χ3n) is 3.26. The van der Waals surface area contributed by atoms with Crippen LogP contribution in [0.3, 0.4) is 0 Å². The maximum absolute atomic E-state index is 11.8. The van der Waals surface area contributed by atoms with Crippen molar-refractivity contribution in [3.63, 3.8) is 0 Å². The minimum Gasteiger partial charge on any atom is -0.508 e. The molecule has 2 aromatic carbocycles. The molecule has 0 unspecified atom stereocenters. The Hall–Kier alpha value is -3.02. The lowest BCUT2D eigenvalue weighted by Gasteiger charge is -2.08. The number of amides is 2. The number of hydrogen-bond donors (Lipinski definition) is 3. The molecule has 0 saturated carbocycles. The van der Waals surface area contributed by atoms with Gasteiger partial charge in [0.15, 0.2) is 0 Å². The van der Waals surface area contributed by atoms with Gasteiger partial charge >= 0.3 is 11.8 Å². The summed E-state index contributed by atoms with van der Waals surface area (Å²) in [6, 6.07) is 13.5. The first-order valence-electron chi connectivity index (χ1n) is 7.68. The summed E-state index contributed by atoms with van der Waals surface area (Å²) >= 11 is 0. The monoisotopic (exact) mass is 328 g/mol. The molecule has 0 saturated heterocycles. The van der Waals surface area contributed by atoms with E-state index in [2.05, 4.69) is 10.6 Å². The zero-order valence-corrected chi connectivity index (χ0v) is 13.4. The van der Waals surface area contributed by atoms with Gasteiger partial charge in [0, 0.05) is 12.2 Å². The Morgan fingerprint density at radius 1 is 1.00 bits per heavy atom. The van der Waals surface area contributed by atoms with Crippen molar-refractivity contribution >= 4 is 17.5 Å². The highest BCUT2D eigenvalue weighted by Crippen LogP contribution is 2.15. The molecule has 0 heterocycles. The zero-order chi connectivity index (χ0) is 17.4. The molecular formula is C18H20N2O4. The number of nitrogens with one attached hydrogen (secondary N) is 2. The third-order valence-corrected chi connectivity index (χ3v) is 3.26. The molecule has 2 aromatic rings. The van der Waals surface area contributed by atoms with E-state index in [1.165, 1.54) is 0 Å². The molecular weight excluding hydrogens is 308 g/mol. The SMILES string of the molecule is CCOc1ccc(NC(=O)C(=O)NCCc2ccc(O)cc2)cc1. The highest BCUT2D eigenvalue weighted by Gasteiger charge is 2.13. The molecule has 0 radical (unpaired) electrons. The first kappa shape index (κ1) is 17.3. The summed E-state index contributed by atoms with van der Waals surface area (Å²) in [4.78, 5) is 23.6. The number of aromatic hydroxyl groups is 1. The number of rotatable bonds is 6. The molecule has 2 rings (SSSR count). The molecule has 2 amide bonds. The van der Waals surface area contributed by atoms with E-state index in [0.717, 1.165) is 5.56 Å². The summed E-state index contributed by atoms with van der Waals surface area (Å²) < 4.78 is 5.31. The van der Waals surface area contributed by atoms with E-state index in [1.807, 2.05) is 6.92 Å². The van der Waals surface area contributed by atoms with Crippen molar-refractivity contribution < 1.29 is 19.4 Å². The van der Waals surface area contributed by atoms with Gasteiger partial charge in [0.05, 0.1) is 6.61 Å². The van der Waals surface area contributed by atoms with Crippen molar-refractivity contribution in [2.24, 2.45) is 0 Å². The molecule has 24 heavy (non-hydrogen) atoms. The second kappa shape index (κ2) is 8.57. The van der Waals surface area contributed by atoms with Crippen molar-refractivity contribution in [1.82, 2.24) is 5.32 Å². The molecule has 126 valence electrons. The lowest BCUT2D eigenvalue weighted by atomic mass is 10.1. The van der Waals surface area contributed by atoms with Gasteiger partial charge in [-0.2, -0.15) is 0 Å². The van der Waals surface area contributed by atoms with Gasteiger partial charge in [-0.15, -0.1) is 0 Å². The maximum Gasteiger partial charge on any atom is 0.313 e. The average Bonchev–Trinajstić information content (AvgIpc) is 2.58. The van der Waals surface area contributed by atoms with E-state index in [9.17, 15) is 14.7 Å². The predicted molar refractivity (Wildman–Crippen MR) is 91.1 cm³/mol. The number of benzene rings is 2. The van der Waals surface area contributed by atoms with E-state index >= 15 is 0 Å². The molecule has 0 aliphatic carbocycles. The van der Waals surface area contributed by atoms with Crippen LogP contribution in [0.5, 0.6) is 11.5 Å². The van der Waals surface area contributed by atoms with Crippen LogP contribution >= 0.6 is 0 Å². The van der Waals surface area contributed by atoms with Crippen LogP contribution in [-0.2, 0) is 16.0 Å². The normalized spacial score (nSPS) is 10.0. The molecule has 0 aliphatic rings. The highest BCUT2D eigenvalue weighted by atomic mass is 16.5. The molecule has 0 atom stereocenters. The fourth-order valence-electron chi connectivity index (χ4n) is 2.05. The molecule has 6 heteroatoms.